The zero-order valence-electron chi connectivity index (χ0n) is 10.8. The molecule has 1 aromatic carbocycles. The molecule has 94 valence electrons. The highest BCUT2D eigenvalue weighted by molar-refractivity contribution is 7.71. The molecule has 0 aliphatic rings. The number of pyridine rings is 1. The largest absolute Gasteiger partial charge is 0.346 e. The van der Waals surface area contributed by atoms with E-state index in [2.05, 4.69) is 33.4 Å². The smallest absolute Gasteiger partial charge is 0.113 e. The summed E-state index contributed by atoms with van der Waals surface area (Å²) in [6.45, 7) is 3.89. The average molecular weight is 267 g/mol. The van der Waals surface area contributed by atoms with E-state index in [1.54, 1.807) is 0 Å². The molecule has 0 bridgehead atoms. The third-order valence-corrected chi connectivity index (χ3v) is 3.53. The first-order valence-corrected chi connectivity index (χ1v) is 6.50. The zero-order valence-corrected chi connectivity index (χ0v) is 11.6. The number of aromatic amines is 1. The number of nitrogens with one attached hydrogen (secondary N) is 1. The van der Waals surface area contributed by atoms with E-state index in [1.807, 2.05) is 32.0 Å². The highest BCUT2D eigenvalue weighted by atomic mass is 32.1. The van der Waals surface area contributed by atoms with Crippen molar-refractivity contribution in [3.63, 3.8) is 0 Å². The van der Waals surface area contributed by atoms with Crippen LogP contribution in [0.1, 0.15) is 11.4 Å². The summed E-state index contributed by atoms with van der Waals surface area (Å²) in [7, 11) is 0. The normalized spacial score (nSPS) is 10.8. The van der Waals surface area contributed by atoms with Gasteiger partial charge in [0, 0.05) is 16.5 Å². The van der Waals surface area contributed by atoms with E-state index in [1.165, 1.54) is 0 Å². The van der Waals surface area contributed by atoms with Crippen LogP contribution in [0, 0.1) is 18.5 Å². The van der Waals surface area contributed by atoms with Gasteiger partial charge in [0.15, 0.2) is 0 Å². The van der Waals surface area contributed by atoms with Gasteiger partial charge in [0.25, 0.3) is 0 Å². The molecule has 0 saturated heterocycles. The number of fused-ring (bicyclic) bond motifs is 1. The van der Waals surface area contributed by atoms with Crippen molar-refractivity contribution in [3.05, 3.63) is 52.4 Å². The Bertz CT molecular complexity index is 807. The van der Waals surface area contributed by atoms with Crippen molar-refractivity contribution >= 4 is 23.0 Å². The number of nitrogens with zero attached hydrogens (tertiary/aromatic N) is 2. The van der Waals surface area contributed by atoms with Crippen molar-refractivity contribution in [2.75, 3.05) is 0 Å². The molecule has 0 aliphatic heterocycles. The van der Waals surface area contributed by atoms with Gasteiger partial charge in [-0.25, -0.2) is 0 Å². The maximum absolute atomic E-state index is 5.46. The number of hydrogen-bond donors (Lipinski definition) is 1. The van der Waals surface area contributed by atoms with Gasteiger partial charge in [-0.1, -0.05) is 42.5 Å². The SMILES string of the molecule is Cc1nnc(C)c2c(=S)[nH]c(-c3ccccc3)cc12. The molecule has 3 aromatic rings. The van der Waals surface area contributed by atoms with Crippen LogP contribution in [0.25, 0.3) is 22.0 Å². The van der Waals surface area contributed by atoms with E-state index in [0.717, 1.165) is 33.4 Å². The predicted octanol–water partition coefficient (Wildman–Crippen LogP) is 3.97. The number of hydrogen-bond acceptors (Lipinski definition) is 3. The van der Waals surface area contributed by atoms with Crippen LogP contribution in [0.15, 0.2) is 36.4 Å². The number of benzene rings is 1. The van der Waals surface area contributed by atoms with Crippen molar-refractivity contribution in [1.29, 1.82) is 0 Å². The Balaban J connectivity index is 2.38. The first kappa shape index (κ1) is 12.0. The van der Waals surface area contributed by atoms with Crippen LogP contribution < -0.4 is 0 Å². The molecule has 19 heavy (non-hydrogen) atoms. The fourth-order valence-electron chi connectivity index (χ4n) is 2.23. The summed E-state index contributed by atoms with van der Waals surface area (Å²) >= 11 is 5.46. The monoisotopic (exact) mass is 267 g/mol. The van der Waals surface area contributed by atoms with Gasteiger partial charge in [-0.05, 0) is 25.5 Å². The van der Waals surface area contributed by atoms with Crippen LogP contribution in [0.2, 0.25) is 0 Å². The Kier molecular flexibility index (Phi) is 2.87. The van der Waals surface area contributed by atoms with E-state index in [0.29, 0.717) is 4.64 Å². The third kappa shape index (κ3) is 2.04. The Morgan fingerprint density at radius 2 is 1.68 bits per heavy atom. The molecule has 4 heteroatoms. The fraction of sp³-hybridized carbons (Fsp3) is 0.133. The number of rotatable bonds is 1. The molecule has 0 spiro atoms. The molecule has 3 nitrogen and oxygen atoms in total. The van der Waals surface area contributed by atoms with Gasteiger partial charge in [-0.3, -0.25) is 0 Å². The fourth-order valence-corrected chi connectivity index (χ4v) is 2.60. The van der Waals surface area contributed by atoms with Crippen molar-refractivity contribution in [2.45, 2.75) is 13.8 Å². The van der Waals surface area contributed by atoms with Gasteiger partial charge >= 0.3 is 0 Å². The molecule has 0 amide bonds. The van der Waals surface area contributed by atoms with Crippen molar-refractivity contribution in [3.8, 4) is 11.3 Å². The van der Waals surface area contributed by atoms with E-state index >= 15 is 0 Å². The Hall–Kier alpha value is -2.07. The lowest BCUT2D eigenvalue weighted by molar-refractivity contribution is 0.962. The summed E-state index contributed by atoms with van der Waals surface area (Å²) in [5.74, 6) is 0. The summed E-state index contributed by atoms with van der Waals surface area (Å²) in [5, 5.41) is 10.4. The maximum Gasteiger partial charge on any atom is 0.113 e. The third-order valence-electron chi connectivity index (χ3n) is 3.22. The van der Waals surface area contributed by atoms with Crippen LogP contribution in [0.4, 0.5) is 0 Å². The summed E-state index contributed by atoms with van der Waals surface area (Å²) < 4.78 is 0.715. The molecule has 0 saturated carbocycles. The minimum atomic E-state index is 0.715. The van der Waals surface area contributed by atoms with Crippen LogP contribution in [0.5, 0.6) is 0 Å². The molecular formula is C15H13N3S. The number of aromatic nitrogens is 3. The van der Waals surface area contributed by atoms with Crippen molar-refractivity contribution in [1.82, 2.24) is 15.2 Å². The van der Waals surface area contributed by atoms with Crippen LogP contribution in [-0.2, 0) is 0 Å². The molecule has 0 atom stereocenters. The lowest BCUT2D eigenvalue weighted by Crippen LogP contribution is -1.96. The zero-order chi connectivity index (χ0) is 13.4. The standard InChI is InChI=1S/C15H13N3S/c1-9-12-8-13(11-6-4-3-5-7-11)16-15(19)14(12)10(2)18-17-9/h3-8H,1-2H3,(H,16,19). The van der Waals surface area contributed by atoms with Gasteiger partial charge in [-0.15, -0.1) is 0 Å². The highest BCUT2D eigenvalue weighted by Gasteiger charge is 2.08. The predicted molar refractivity (Wildman–Crippen MR) is 79.6 cm³/mol. The van der Waals surface area contributed by atoms with Gasteiger partial charge in [-0.2, -0.15) is 10.2 Å². The highest BCUT2D eigenvalue weighted by Crippen LogP contribution is 2.25. The minimum absolute atomic E-state index is 0.715. The lowest BCUT2D eigenvalue weighted by atomic mass is 10.1. The molecule has 2 heterocycles. The molecule has 1 N–H and O–H groups in total. The van der Waals surface area contributed by atoms with Gasteiger partial charge in [0.1, 0.15) is 4.64 Å². The second kappa shape index (κ2) is 4.55. The first-order chi connectivity index (χ1) is 9.16. The van der Waals surface area contributed by atoms with Gasteiger partial charge < -0.3 is 4.98 Å². The topological polar surface area (TPSA) is 41.6 Å². The maximum atomic E-state index is 5.46. The molecule has 0 unspecified atom stereocenters. The number of H-pyrrole nitrogens is 1. The molecular weight excluding hydrogens is 254 g/mol. The van der Waals surface area contributed by atoms with Gasteiger partial charge in [0.2, 0.25) is 0 Å². The second-order valence-electron chi connectivity index (χ2n) is 4.54. The summed E-state index contributed by atoms with van der Waals surface area (Å²) in [6, 6.07) is 12.2. The molecule has 2 aromatic heterocycles. The van der Waals surface area contributed by atoms with E-state index < -0.39 is 0 Å². The summed E-state index contributed by atoms with van der Waals surface area (Å²) in [6.07, 6.45) is 0. The minimum Gasteiger partial charge on any atom is -0.346 e. The van der Waals surface area contributed by atoms with Crippen LogP contribution in [0.3, 0.4) is 0 Å². The molecule has 0 radical (unpaired) electrons. The van der Waals surface area contributed by atoms with Crippen LogP contribution in [-0.4, -0.2) is 15.2 Å². The Morgan fingerprint density at radius 1 is 1.00 bits per heavy atom. The molecule has 3 rings (SSSR count). The molecule has 0 aliphatic carbocycles. The quantitative estimate of drug-likeness (QED) is 0.678. The summed E-state index contributed by atoms with van der Waals surface area (Å²) in [4.78, 5) is 3.28. The summed E-state index contributed by atoms with van der Waals surface area (Å²) in [5.41, 5.74) is 3.89. The van der Waals surface area contributed by atoms with Crippen LogP contribution >= 0.6 is 12.2 Å². The lowest BCUT2D eigenvalue weighted by Gasteiger charge is -2.08. The second-order valence-corrected chi connectivity index (χ2v) is 4.95. The average Bonchev–Trinajstić information content (AvgIpc) is 2.43. The number of aryl methyl sites for hydroxylation is 2. The van der Waals surface area contributed by atoms with Gasteiger partial charge in [0.05, 0.1) is 11.4 Å². The van der Waals surface area contributed by atoms with E-state index in [4.69, 9.17) is 12.2 Å². The Morgan fingerprint density at radius 3 is 2.42 bits per heavy atom. The molecule has 0 fully saturated rings. The van der Waals surface area contributed by atoms with E-state index in [9.17, 15) is 0 Å². The first-order valence-electron chi connectivity index (χ1n) is 6.09. The Labute approximate surface area is 116 Å². The van der Waals surface area contributed by atoms with Crippen molar-refractivity contribution in [2.24, 2.45) is 0 Å². The van der Waals surface area contributed by atoms with E-state index in [-0.39, 0.29) is 0 Å². The van der Waals surface area contributed by atoms with Crippen molar-refractivity contribution < 1.29 is 0 Å².